The van der Waals surface area contributed by atoms with Gasteiger partial charge in [0.15, 0.2) is 0 Å². The Kier molecular flexibility index (Phi) is 4.34. The first-order chi connectivity index (χ1) is 10.3. The SMILES string of the molecule is O=C1NCCN1C(=O)N1CCS[C@H](c2ccccc2)CC1. The van der Waals surface area contributed by atoms with Crippen LogP contribution in [0.25, 0.3) is 0 Å². The highest BCUT2D eigenvalue weighted by Crippen LogP contribution is 2.34. The molecule has 0 spiro atoms. The zero-order valence-corrected chi connectivity index (χ0v) is 12.6. The molecule has 1 aromatic rings. The van der Waals surface area contributed by atoms with Crippen LogP contribution in [0, 0.1) is 0 Å². The number of hydrogen-bond donors (Lipinski definition) is 1. The molecule has 2 saturated heterocycles. The van der Waals surface area contributed by atoms with Crippen LogP contribution in [-0.4, -0.2) is 53.8 Å². The van der Waals surface area contributed by atoms with Crippen molar-refractivity contribution in [1.29, 1.82) is 0 Å². The molecule has 6 heteroatoms. The number of thioether (sulfide) groups is 1. The van der Waals surface area contributed by atoms with E-state index in [4.69, 9.17) is 0 Å². The summed E-state index contributed by atoms with van der Waals surface area (Å²) in [5, 5.41) is 3.10. The summed E-state index contributed by atoms with van der Waals surface area (Å²) in [7, 11) is 0. The second-order valence-electron chi connectivity index (χ2n) is 5.21. The lowest BCUT2D eigenvalue weighted by atomic mass is 10.1. The highest BCUT2D eigenvalue weighted by atomic mass is 32.2. The maximum Gasteiger partial charge on any atom is 0.328 e. The van der Waals surface area contributed by atoms with E-state index in [1.807, 2.05) is 17.8 Å². The monoisotopic (exact) mass is 305 g/mol. The van der Waals surface area contributed by atoms with Crippen molar-refractivity contribution in [2.24, 2.45) is 0 Å². The van der Waals surface area contributed by atoms with Crippen molar-refractivity contribution >= 4 is 23.8 Å². The quantitative estimate of drug-likeness (QED) is 0.866. The van der Waals surface area contributed by atoms with Crippen LogP contribution >= 0.6 is 11.8 Å². The van der Waals surface area contributed by atoms with E-state index >= 15 is 0 Å². The van der Waals surface area contributed by atoms with Crippen molar-refractivity contribution in [1.82, 2.24) is 15.1 Å². The van der Waals surface area contributed by atoms with Gasteiger partial charge in [-0.1, -0.05) is 30.3 Å². The van der Waals surface area contributed by atoms with Crippen LogP contribution in [-0.2, 0) is 0 Å². The lowest BCUT2D eigenvalue weighted by molar-refractivity contribution is 0.166. The third-order valence-electron chi connectivity index (χ3n) is 3.87. The van der Waals surface area contributed by atoms with Crippen molar-refractivity contribution < 1.29 is 9.59 Å². The molecule has 21 heavy (non-hydrogen) atoms. The van der Waals surface area contributed by atoms with E-state index in [1.165, 1.54) is 10.5 Å². The molecule has 1 atom stereocenters. The highest BCUT2D eigenvalue weighted by Gasteiger charge is 2.31. The Bertz CT molecular complexity index is 523. The number of imide groups is 1. The summed E-state index contributed by atoms with van der Waals surface area (Å²) in [5.41, 5.74) is 1.32. The molecule has 5 nitrogen and oxygen atoms in total. The fourth-order valence-corrected chi connectivity index (χ4v) is 3.95. The fourth-order valence-electron chi connectivity index (χ4n) is 2.72. The molecule has 2 aliphatic heterocycles. The van der Waals surface area contributed by atoms with Crippen LogP contribution in [0.15, 0.2) is 30.3 Å². The van der Waals surface area contributed by atoms with Gasteiger partial charge in [-0.3, -0.25) is 0 Å². The normalized spacial score (nSPS) is 22.9. The third kappa shape index (κ3) is 3.15. The average Bonchev–Trinajstić information content (AvgIpc) is 2.80. The molecule has 1 aromatic carbocycles. The van der Waals surface area contributed by atoms with E-state index in [0.717, 1.165) is 12.2 Å². The molecule has 0 bridgehead atoms. The number of rotatable bonds is 1. The predicted molar refractivity (Wildman–Crippen MR) is 83.3 cm³/mol. The summed E-state index contributed by atoms with van der Waals surface area (Å²) in [6, 6.07) is 9.99. The van der Waals surface area contributed by atoms with Crippen molar-refractivity contribution in [2.45, 2.75) is 11.7 Å². The van der Waals surface area contributed by atoms with E-state index in [1.54, 1.807) is 4.90 Å². The van der Waals surface area contributed by atoms with Gasteiger partial charge in [0.1, 0.15) is 0 Å². The predicted octanol–water partition coefficient (Wildman–Crippen LogP) is 2.31. The number of nitrogens with one attached hydrogen (secondary N) is 1. The molecule has 4 amide bonds. The topological polar surface area (TPSA) is 52.7 Å². The van der Waals surface area contributed by atoms with Gasteiger partial charge in [0, 0.05) is 37.2 Å². The van der Waals surface area contributed by atoms with Gasteiger partial charge < -0.3 is 10.2 Å². The van der Waals surface area contributed by atoms with E-state index in [2.05, 4.69) is 29.6 Å². The van der Waals surface area contributed by atoms with Gasteiger partial charge >= 0.3 is 12.1 Å². The maximum absolute atomic E-state index is 12.4. The first-order valence-electron chi connectivity index (χ1n) is 7.26. The second-order valence-corrected chi connectivity index (χ2v) is 6.52. The van der Waals surface area contributed by atoms with E-state index in [9.17, 15) is 9.59 Å². The summed E-state index contributed by atoms with van der Waals surface area (Å²) >= 11 is 1.89. The lowest BCUT2D eigenvalue weighted by Crippen LogP contribution is -2.45. The number of carbonyl (C=O) groups is 2. The number of nitrogens with zero attached hydrogens (tertiary/aromatic N) is 2. The first-order valence-corrected chi connectivity index (χ1v) is 8.31. The molecule has 0 saturated carbocycles. The standard InChI is InChI=1S/C15H19N3O2S/c19-14-16-7-9-18(14)15(20)17-8-6-13(21-11-10-17)12-4-2-1-3-5-12/h1-5,13H,6-11H2,(H,16,19)/t13-/m0/s1. The molecule has 3 rings (SSSR count). The van der Waals surface area contributed by atoms with Crippen LogP contribution in [0.5, 0.6) is 0 Å². The molecule has 112 valence electrons. The first kappa shape index (κ1) is 14.3. The van der Waals surface area contributed by atoms with Gasteiger partial charge in [-0.25, -0.2) is 14.5 Å². The van der Waals surface area contributed by atoms with Crippen LogP contribution in [0.4, 0.5) is 9.59 Å². The number of amides is 4. The smallest absolute Gasteiger partial charge is 0.328 e. The Balaban J connectivity index is 1.63. The minimum Gasteiger partial charge on any atom is -0.336 e. The summed E-state index contributed by atoms with van der Waals surface area (Å²) < 4.78 is 0. The largest absolute Gasteiger partial charge is 0.336 e. The molecule has 2 aliphatic rings. The molecule has 2 fully saturated rings. The van der Waals surface area contributed by atoms with Crippen molar-refractivity contribution in [3.8, 4) is 0 Å². The summed E-state index contributed by atoms with van der Waals surface area (Å²) in [4.78, 5) is 27.1. The second kappa shape index (κ2) is 6.39. The zero-order valence-electron chi connectivity index (χ0n) is 11.8. The van der Waals surface area contributed by atoms with Gasteiger partial charge in [-0.15, -0.1) is 0 Å². The summed E-state index contributed by atoms with van der Waals surface area (Å²) in [5.74, 6) is 0.904. The minimum atomic E-state index is -0.267. The fraction of sp³-hybridized carbons (Fsp3) is 0.467. The zero-order chi connectivity index (χ0) is 14.7. The summed E-state index contributed by atoms with van der Waals surface area (Å²) in [6.07, 6.45) is 0.926. The van der Waals surface area contributed by atoms with Gasteiger partial charge in [0.05, 0.1) is 0 Å². The minimum absolute atomic E-state index is 0.153. The maximum atomic E-state index is 12.4. The Morgan fingerprint density at radius 2 is 2.00 bits per heavy atom. The van der Waals surface area contributed by atoms with Gasteiger partial charge in [-0.05, 0) is 12.0 Å². The van der Waals surface area contributed by atoms with Crippen LogP contribution < -0.4 is 5.32 Å². The highest BCUT2D eigenvalue weighted by molar-refractivity contribution is 7.99. The van der Waals surface area contributed by atoms with Crippen LogP contribution in [0.2, 0.25) is 0 Å². The van der Waals surface area contributed by atoms with E-state index in [-0.39, 0.29) is 12.1 Å². The van der Waals surface area contributed by atoms with E-state index in [0.29, 0.717) is 31.4 Å². The van der Waals surface area contributed by atoms with E-state index < -0.39 is 0 Å². The molecule has 1 N–H and O–H groups in total. The van der Waals surface area contributed by atoms with Crippen LogP contribution in [0.3, 0.4) is 0 Å². The average molecular weight is 305 g/mol. The van der Waals surface area contributed by atoms with Gasteiger partial charge in [0.2, 0.25) is 0 Å². The Morgan fingerprint density at radius 1 is 1.19 bits per heavy atom. The number of carbonyl (C=O) groups excluding carboxylic acids is 2. The molecule has 2 heterocycles. The summed E-state index contributed by atoms with van der Waals surface area (Å²) in [6.45, 7) is 2.44. The molecule has 0 aliphatic carbocycles. The Hall–Kier alpha value is -1.69. The molecule has 0 unspecified atom stereocenters. The molecule has 0 radical (unpaired) electrons. The lowest BCUT2D eigenvalue weighted by Gasteiger charge is -2.24. The van der Waals surface area contributed by atoms with Crippen molar-refractivity contribution in [2.75, 3.05) is 31.9 Å². The Morgan fingerprint density at radius 3 is 2.71 bits per heavy atom. The van der Waals surface area contributed by atoms with Gasteiger partial charge in [0.25, 0.3) is 0 Å². The van der Waals surface area contributed by atoms with Gasteiger partial charge in [-0.2, -0.15) is 11.8 Å². The Labute approximate surface area is 128 Å². The van der Waals surface area contributed by atoms with Crippen LogP contribution in [0.1, 0.15) is 17.2 Å². The molecular weight excluding hydrogens is 286 g/mol. The number of benzene rings is 1. The molecule has 0 aromatic heterocycles. The molecular formula is C15H19N3O2S. The van der Waals surface area contributed by atoms with Crippen molar-refractivity contribution in [3.63, 3.8) is 0 Å². The number of urea groups is 2. The number of hydrogen-bond acceptors (Lipinski definition) is 3. The third-order valence-corrected chi connectivity index (χ3v) is 5.20. The van der Waals surface area contributed by atoms with Crippen molar-refractivity contribution in [3.05, 3.63) is 35.9 Å².